The highest BCUT2D eigenvalue weighted by Crippen LogP contribution is 2.33. The quantitative estimate of drug-likeness (QED) is 0.661. The van der Waals surface area contributed by atoms with Crippen molar-refractivity contribution in [3.05, 3.63) is 27.2 Å². The van der Waals surface area contributed by atoms with Crippen molar-refractivity contribution in [1.82, 2.24) is 5.32 Å². The highest BCUT2D eigenvalue weighted by molar-refractivity contribution is 7.16. The second-order valence-corrected chi connectivity index (χ2v) is 5.99. The summed E-state index contributed by atoms with van der Waals surface area (Å²) in [5, 5.41) is 6.49. The normalized spacial score (nSPS) is 13.7. The summed E-state index contributed by atoms with van der Waals surface area (Å²) >= 11 is 1.40. The number of hydrogen-bond acceptors (Lipinski definition) is 5. The highest BCUT2D eigenvalue weighted by Gasteiger charge is 2.23. The monoisotopic (exact) mass is 294 g/mol. The number of carbonyl (C=O) groups excluding carboxylic acids is 2. The third kappa shape index (κ3) is 2.62. The van der Waals surface area contributed by atoms with Crippen molar-refractivity contribution in [1.29, 1.82) is 0 Å². The van der Waals surface area contributed by atoms with Gasteiger partial charge in [0, 0.05) is 23.5 Å². The van der Waals surface area contributed by atoms with Gasteiger partial charge in [0.1, 0.15) is 5.00 Å². The minimum absolute atomic E-state index is 0.159. The molecule has 1 aromatic heterocycles. The molecule has 108 valence electrons. The number of esters is 1. The van der Waals surface area contributed by atoms with Crippen LogP contribution in [0.25, 0.3) is 0 Å². The van der Waals surface area contributed by atoms with Crippen molar-refractivity contribution in [2.45, 2.75) is 20.8 Å². The average molecular weight is 294 g/mol. The Labute approximate surface area is 122 Å². The summed E-state index contributed by atoms with van der Waals surface area (Å²) in [4.78, 5) is 25.0. The Kier molecular flexibility index (Phi) is 4.25. The molecule has 0 aliphatic carbocycles. The van der Waals surface area contributed by atoms with E-state index in [0.29, 0.717) is 16.1 Å². The first kappa shape index (κ1) is 14.7. The van der Waals surface area contributed by atoms with E-state index in [2.05, 4.69) is 10.6 Å². The van der Waals surface area contributed by atoms with Gasteiger partial charge in [-0.2, -0.15) is 0 Å². The molecule has 0 bridgehead atoms. The largest absolute Gasteiger partial charge is 0.465 e. The number of amides is 1. The van der Waals surface area contributed by atoms with Crippen LogP contribution in [0.3, 0.4) is 0 Å². The highest BCUT2D eigenvalue weighted by atomic mass is 32.1. The maximum Gasteiger partial charge on any atom is 0.341 e. The Morgan fingerprint density at radius 3 is 2.45 bits per heavy atom. The predicted octanol–water partition coefficient (Wildman–Crippen LogP) is 2.01. The van der Waals surface area contributed by atoms with Crippen molar-refractivity contribution in [2.75, 3.05) is 25.5 Å². The zero-order chi connectivity index (χ0) is 14.9. The van der Waals surface area contributed by atoms with E-state index in [9.17, 15) is 9.59 Å². The molecular formula is C14H18N2O3S. The molecule has 0 unspecified atom stereocenters. The molecular weight excluding hydrogens is 276 g/mol. The second-order valence-electron chi connectivity index (χ2n) is 4.77. The molecule has 0 atom stereocenters. The molecule has 1 amide bonds. The number of methoxy groups -OCH3 is 1. The van der Waals surface area contributed by atoms with Gasteiger partial charge in [-0.15, -0.1) is 11.3 Å². The zero-order valence-corrected chi connectivity index (χ0v) is 12.9. The van der Waals surface area contributed by atoms with E-state index in [1.54, 1.807) is 6.92 Å². The molecule has 1 aromatic rings. The molecule has 1 fully saturated rings. The van der Waals surface area contributed by atoms with Gasteiger partial charge in [-0.25, -0.2) is 4.79 Å². The lowest BCUT2D eigenvalue weighted by Crippen LogP contribution is -2.36. The molecule has 20 heavy (non-hydrogen) atoms. The Morgan fingerprint density at radius 2 is 1.95 bits per heavy atom. The number of aryl methyl sites for hydroxylation is 1. The molecule has 6 heteroatoms. The molecule has 1 aliphatic rings. The van der Waals surface area contributed by atoms with Gasteiger partial charge in [0.25, 0.3) is 5.91 Å². The van der Waals surface area contributed by atoms with E-state index in [0.717, 1.165) is 29.1 Å². The van der Waals surface area contributed by atoms with E-state index >= 15 is 0 Å². The summed E-state index contributed by atoms with van der Waals surface area (Å²) in [6.07, 6.45) is 0. The maximum atomic E-state index is 12.2. The number of thiophene rings is 1. The molecule has 0 spiro atoms. The summed E-state index contributed by atoms with van der Waals surface area (Å²) in [6.45, 7) is 7.09. The summed E-state index contributed by atoms with van der Waals surface area (Å²) < 4.78 is 4.79. The van der Waals surface area contributed by atoms with Crippen molar-refractivity contribution in [3.63, 3.8) is 0 Å². The van der Waals surface area contributed by atoms with Gasteiger partial charge in [-0.05, 0) is 31.9 Å². The van der Waals surface area contributed by atoms with Crippen molar-refractivity contribution in [2.24, 2.45) is 0 Å². The van der Waals surface area contributed by atoms with Crippen LogP contribution in [-0.4, -0.2) is 32.1 Å². The third-order valence-corrected chi connectivity index (χ3v) is 4.67. The van der Waals surface area contributed by atoms with Gasteiger partial charge < -0.3 is 15.4 Å². The van der Waals surface area contributed by atoms with Gasteiger partial charge in [-0.3, -0.25) is 4.79 Å². The minimum Gasteiger partial charge on any atom is -0.465 e. The van der Waals surface area contributed by atoms with Crippen LogP contribution in [0.1, 0.15) is 27.7 Å². The van der Waals surface area contributed by atoms with Gasteiger partial charge in [0.2, 0.25) is 0 Å². The van der Waals surface area contributed by atoms with Gasteiger partial charge in [-0.1, -0.05) is 0 Å². The molecule has 2 rings (SSSR count). The van der Waals surface area contributed by atoms with Crippen LogP contribution in [0, 0.1) is 13.8 Å². The zero-order valence-electron chi connectivity index (χ0n) is 12.0. The van der Waals surface area contributed by atoms with Crippen LogP contribution in [0.15, 0.2) is 11.1 Å². The molecule has 0 saturated carbocycles. The van der Waals surface area contributed by atoms with Gasteiger partial charge >= 0.3 is 5.97 Å². The third-order valence-electron chi connectivity index (χ3n) is 3.55. The molecule has 0 radical (unpaired) electrons. The molecule has 1 saturated heterocycles. The first-order chi connectivity index (χ1) is 9.45. The van der Waals surface area contributed by atoms with Crippen LogP contribution in [0.2, 0.25) is 0 Å². The lowest BCUT2D eigenvalue weighted by Gasteiger charge is -2.21. The summed E-state index contributed by atoms with van der Waals surface area (Å²) in [5.74, 6) is -0.578. The van der Waals surface area contributed by atoms with E-state index in [4.69, 9.17) is 4.74 Å². The summed E-state index contributed by atoms with van der Waals surface area (Å²) in [7, 11) is 1.34. The lowest BCUT2D eigenvalue weighted by atomic mass is 10.0. The summed E-state index contributed by atoms with van der Waals surface area (Å²) in [6, 6.07) is 0. The smallest absolute Gasteiger partial charge is 0.341 e. The van der Waals surface area contributed by atoms with Crippen LogP contribution >= 0.6 is 11.3 Å². The average Bonchev–Trinajstić information content (AvgIpc) is 2.62. The number of ether oxygens (including phenoxy) is 1. The first-order valence-electron chi connectivity index (χ1n) is 6.34. The maximum absolute atomic E-state index is 12.2. The summed E-state index contributed by atoms with van der Waals surface area (Å²) in [5.41, 5.74) is 3.12. The fourth-order valence-corrected chi connectivity index (χ4v) is 2.98. The molecule has 2 heterocycles. The van der Waals surface area contributed by atoms with Gasteiger partial charge in [0.05, 0.1) is 12.7 Å². The lowest BCUT2D eigenvalue weighted by molar-refractivity contribution is -0.112. The molecule has 5 nitrogen and oxygen atoms in total. The van der Waals surface area contributed by atoms with E-state index in [1.165, 1.54) is 18.4 Å². The molecule has 2 N–H and O–H groups in total. The van der Waals surface area contributed by atoms with Crippen molar-refractivity contribution in [3.8, 4) is 0 Å². The Balaban J connectivity index is 2.27. The Bertz CT molecular complexity index is 596. The second kappa shape index (κ2) is 5.76. The fourth-order valence-electron chi connectivity index (χ4n) is 1.94. The van der Waals surface area contributed by atoms with Crippen LogP contribution in [-0.2, 0) is 9.53 Å². The standard InChI is InChI=1S/C14H18N2O3S/c1-7-9(3)20-13(11(7)14(18)19-4)16-12(17)8(2)10-5-15-6-10/h15H,5-6H2,1-4H3,(H,16,17). The predicted molar refractivity (Wildman–Crippen MR) is 79.3 cm³/mol. The minimum atomic E-state index is -0.419. The number of nitrogens with one attached hydrogen (secondary N) is 2. The van der Waals surface area contributed by atoms with E-state index in [-0.39, 0.29) is 5.91 Å². The van der Waals surface area contributed by atoms with Crippen molar-refractivity contribution < 1.29 is 14.3 Å². The topological polar surface area (TPSA) is 67.4 Å². The number of anilines is 1. The van der Waals surface area contributed by atoms with Crippen LogP contribution in [0.5, 0.6) is 0 Å². The number of hydrogen-bond donors (Lipinski definition) is 2. The molecule has 1 aliphatic heterocycles. The number of carbonyl (C=O) groups is 2. The van der Waals surface area contributed by atoms with Crippen LogP contribution in [0.4, 0.5) is 5.00 Å². The SMILES string of the molecule is COC(=O)c1c(NC(=O)C(C)=C2CNC2)sc(C)c1C. The Morgan fingerprint density at radius 1 is 1.30 bits per heavy atom. The Hall–Kier alpha value is -1.66. The number of rotatable bonds is 3. The van der Waals surface area contributed by atoms with E-state index in [1.807, 2.05) is 13.8 Å². The van der Waals surface area contributed by atoms with Crippen LogP contribution < -0.4 is 10.6 Å². The molecule has 0 aromatic carbocycles. The first-order valence-corrected chi connectivity index (χ1v) is 7.16. The van der Waals surface area contributed by atoms with Gasteiger partial charge in [0.15, 0.2) is 0 Å². The fraction of sp³-hybridized carbons (Fsp3) is 0.429. The van der Waals surface area contributed by atoms with E-state index < -0.39 is 5.97 Å². The van der Waals surface area contributed by atoms with Crippen molar-refractivity contribution >= 4 is 28.2 Å².